The van der Waals surface area contributed by atoms with E-state index in [0.29, 0.717) is 26.9 Å². The molecule has 154 valence electrons. The molecule has 4 aromatic rings. The Labute approximate surface area is 194 Å². The maximum Gasteiger partial charge on any atom is 0.255 e. The topological polar surface area (TPSA) is 46.2 Å². The number of carbonyl (C=O) groups excluding carboxylic acids is 2. The summed E-state index contributed by atoms with van der Waals surface area (Å²) in [4.78, 5) is 25.9. The van der Waals surface area contributed by atoms with Crippen LogP contribution in [-0.4, -0.2) is 17.4 Å². The van der Waals surface area contributed by atoms with Gasteiger partial charge in [0.05, 0.1) is 10.8 Å². The average molecular weight is 466 g/mol. The highest BCUT2D eigenvalue weighted by Crippen LogP contribution is 2.26. The number of amides is 1. The third kappa shape index (κ3) is 5.28. The van der Waals surface area contributed by atoms with Crippen molar-refractivity contribution in [1.29, 1.82) is 0 Å². The van der Waals surface area contributed by atoms with E-state index >= 15 is 0 Å². The zero-order valence-corrected chi connectivity index (χ0v) is 18.6. The average Bonchev–Trinajstić information content (AvgIpc) is 2.78. The SMILES string of the molecule is O=C(Nc1ccc(SCC(=O)c2ccc(Cl)cc2Cl)cc1)c1ccc2ccccc2c1. The monoisotopic (exact) mass is 465 g/mol. The lowest BCUT2D eigenvalue weighted by Crippen LogP contribution is -2.11. The molecule has 1 amide bonds. The van der Waals surface area contributed by atoms with Crippen molar-refractivity contribution in [3.8, 4) is 0 Å². The predicted octanol–water partition coefficient (Wildman–Crippen LogP) is 7.37. The third-order valence-electron chi connectivity index (χ3n) is 4.73. The lowest BCUT2D eigenvalue weighted by atomic mass is 10.1. The molecule has 0 radical (unpaired) electrons. The van der Waals surface area contributed by atoms with Crippen LogP contribution in [0.15, 0.2) is 89.8 Å². The first-order valence-electron chi connectivity index (χ1n) is 9.51. The summed E-state index contributed by atoms with van der Waals surface area (Å²) >= 11 is 13.4. The highest BCUT2D eigenvalue weighted by atomic mass is 35.5. The van der Waals surface area contributed by atoms with Crippen molar-refractivity contribution in [2.45, 2.75) is 4.90 Å². The molecule has 1 N–H and O–H groups in total. The molecule has 0 unspecified atom stereocenters. The van der Waals surface area contributed by atoms with Gasteiger partial charge in [0.15, 0.2) is 5.78 Å². The highest BCUT2D eigenvalue weighted by Gasteiger charge is 2.12. The summed E-state index contributed by atoms with van der Waals surface area (Å²) in [7, 11) is 0. The van der Waals surface area contributed by atoms with E-state index in [4.69, 9.17) is 23.2 Å². The van der Waals surface area contributed by atoms with E-state index in [1.165, 1.54) is 11.8 Å². The van der Waals surface area contributed by atoms with Gasteiger partial charge in [-0.15, -0.1) is 11.8 Å². The first-order chi connectivity index (χ1) is 15.0. The summed E-state index contributed by atoms with van der Waals surface area (Å²) in [6.07, 6.45) is 0. The van der Waals surface area contributed by atoms with E-state index < -0.39 is 0 Å². The van der Waals surface area contributed by atoms with Crippen LogP contribution in [0.5, 0.6) is 0 Å². The van der Waals surface area contributed by atoms with Gasteiger partial charge in [0.2, 0.25) is 0 Å². The standard InChI is InChI=1S/C25H17Cl2NO2S/c26-19-7-12-22(23(27)14-19)24(29)15-31-21-10-8-20(9-11-21)28-25(30)18-6-5-16-3-1-2-4-17(16)13-18/h1-14H,15H2,(H,28,30). The van der Waals surface area contributed by atoms with E-state index in [0.717, 1.165) is 15.7 Å². The molecule has 0 aromatic heterocycles. The molecule has 0 fully saturated rings. The molecular formula is C25H17Cl2NO2S. The van der Waals surface area contributed by atoms with Gasteiger partial charge >= 0.3 is 0 Å². The van der Waals surface area contributed by atoms with Crippen LogP contribution in [0.25, 0.3) is 10.8 Å². The lowest BCUT2D eigenvalue weighted by molar-refractivity contribution is 0.101. The first-order valence-corrected chi connectivity index (χ1v) is 11.2. The predicted molar refractivity (Wildman–Crippen MR) is 130 cm³/mol. The van der Waals surface area contributed by atoms with Crippen LogP contribution in [0.1, 0.15) is 20.7 Å². The molecule has 0 spiro atoms. The Morgan fingerprint density at radius 3 is 2.29 bits per heavy atom. The summed E-state index contributed by atoms with van der Waals surface area (Å²) in [6, 6.07) is 25.8. The van der Waals surface area contributed by atoms with Crippen LogP contribution in [0.3, 0.4) is 0 Å². The van der Waals surface area contributed by atoms with Crippen LogP contribution < -0.4 is 5.32 Å². The van der Waals surface area contributed by atoms with Crippen molar-refractivity contribution in [2.24, 2.45) is 0 Å². The fourth-order valence-corrected chi connectivity index (χ4v) is 4.41. The molecule has 4 rings (SSSR count). The number of halogens is 2. The molecule has 0 bridgehead atoms. The van der Waals surface area contributed by atoms with Gasteiger partial charge in [-0.2, -0.15) is 0 Å². The summed E-state index contributed by atoms with van der Waals surface area (Å²) in [5, 5.41) is 5.87. The van der Waals surface area contributed by atoms with E-state index in [9.17, 15) is 9.59 Å². The number of benzene rings is 4. The van der Waals surface area contributed by atoms with Crippen LogP contribution in [0.4, 0.5) is 5.69 Å². The van der Waals surface area contributed by atoms with Crippen LogP contribution in [0.2, 0.25) is 10.0 Å². The second-order valence-electron chi connectivity index (χ2n) is 6.88. The van der Waals surface area contributed by atoms with Gasteiger partial charge in [0.1, 0.15) is 0 Å². The Balaban J connectivity index is 1.37. The molecule has 0 aliphatic rings. The minimum absolute atomic E-state index is 0.0691. The molecular weight excluding hydrogens is 449 g/mol. The molecule has 0 heterocycles. The third-order valence-corrected chi connectivity index (χ3v) is 6.29. The van der Waals surface area contributed by atoms with Crippen LogP contribution >= 0.6 is 35.0 Å². The molecule has 4 aromatic carbocycles. The normalized spacial score (nSPS) is 10.8. The minimum Gasteiger partial charge on any atom is -0.322 e. The van der Waals surface area contributed by atoms with Gasteiger partial charge in [-0.25, -0.2) is 0 Å². The van der Waals surface area contributed by atoms with Crippen LogP contribution in [-0.2, 0) is 0 Å². The Kier molecular flexibility index (Phi) is 6.62. The Bertz CT molecular complexity index is 1270. The number of anilines is 1. The van der Waals surface area contributed by atoms with Gasteiger partial charge in [0.25, 0.3) is 5.91 Å². The molecule has 0 saturated heterocycles. The zero-order valence-electron chi connectivity index (χ0n) is 16.3. The largest absolute Gasteiger partial charge is 0.322 e. The number of hydrogen-bond donors (Lipinski definition) is 1. The minimum atomic E-state index is -0.168. The van der Waals surface area contributed by atoms with Gasteiger partial charge < -0.3 is 5.32 Å². The number of ketones is 1. The van der Waals surface area contributed by atoms with E-state index in [1.807, 2.05) is 66.7 Å². The summed E-state index contributed by atoms with van der Waals surface area (Å²) in [5.74, 6) is 0.0171. The summed E-state index contributed by atoms with van der Waals surface area (Å²) in [5.41, 5.74) is 1.75. The fraction of sp³-hybridized carbons (Fsp3) is 0.0400. The number of thioether (sulfide) groups is 1. The Morgan fingerprint density at radius 2 is 1.55 bits per heavy atom. The second-order valence-corrected chi connectivity index (χ2v) is 8.77. The molecule has 0 atom stereocenters. The maximum absolute atomic E-state index is 12.6. The number of carbonyl (C=O) groups is 2. The quantitative estimate of drug-likeness (QED) is 0.238. The number of rotatable bonds is 6. The maximum atomic E-state index is 12.6. The second kappa shape index (κ2) is 9.56. The van der Waals surface area contributed by atoms with Crippen molar-refractivity contribution >= 4 is 63.1 Å². The van der Waals surface area contributed by atoms with E-state index in [2.05, 4.69) is 5.32 Å². The van der Waals surface area contributed by atoms with Crippen molar-refractivity contribution < 1.29 is 9.59 Å². The smallest absolute Gasteiger partial charge is 0.255 e. The number of Topliss-reactive ketones (excluding diaryl/α,β-unsaturated/α-hetero) is 1. The number of hydrogen-bond acceptors (Lipinski definition) is 3. The summed E-state index contributed by atoms with van der Waals surface area (Å²) < 4.78 is 0. The molecule has 31 heavy (non-hydrogen) atoms. The van der Waals surface area contributed by atoms with Crippen molar-refractivity contribution in [3.05, 3.63) is 106 Å². The zero-order chi connectivity index (χ0) is 21.8. The van der Waals surface area contributed by atoms with Crippen molar-refractivity contribution in [2.75, 3.05) is 11.1 Å². The van der Waals surface area contributed by atoms with Crippen LogP contribution in [0, 0.1) is 0 Å². The van der Waals surface area contributed by atoms with Gasteiger partial charge in [-0.1, -0.05) is 53.5 Å². The lowest BCUT2D eigenvalue weighted by Gasteiger charge is -2.08. The molecule has 3 nitrogen and oxygen atoms in total. The van der Waals surface area contributed by atoms with Gasteiger partial charge in [0, 0.05) is 26.7 Å². The van der Waals surface area contributed by atoms with E-state index in [-0.39, 0.29) is 17.4 Å². The first kappa shape index (κ1) is 21.4. The fourth-order valence-electron chi connectivity index (χ4n) is 3.11. The van der Waals surface area contributed by atoms with Gasteiger partial charge in [-0.05, 0) is 65.4 Å². The Morgan fingerprint density at radius 1 is 0.806 bits per heavy atom. The van der Waals surface area contributed by atoms with Crippen molar-refractivity contribution in [1.82, 2.24) is 0 Å². The molecule has 0 aliphatic heterocycles. The van der Waals surface area contributed by atoms with E-state index in [1.54, 1.807) is 18.2 Å². The van der Waals surface area contributed by atoms with Gasteiger partial charge in [-0.3, -0.25) is 9.59 Å². The highest BCUT2D eigenvalue weighted by molar-refractivity contribution is 8.00. The molecule has 6 heteroatoms. The summed E-state index contributed by atoms with van der Waals surface area (Å²) in [6.45, 7) is 0. The Hall–Kier alpha value is -2.79. The molecule has 0 aliphatic carbocycles. The van der Waals surface area contributed by atoms with Crippen molar-refractivity contribution in [3.63, 3.8) is 0 Å². The number of fused-ring (bicyclic) bond motifs is 1. The number of nitrogens with one attached hydrogen (secondary N) is 1. The molecule has 0 saturated carbocycles.